The number of nitrogens with zero attached hydrogens (tertiary/aromatic N) is 4. The molecule has 0 bridgehead atoms. The maximum Gasteiger partial charge on any atom is 0.246 e. The molecule has 2 fully saturated rings. The van der Waals surface area contributed by atoms with E-state index in [9.17, 15) is 13.2 Å². The normalized spacial score (nSPS) is 19.0. The second-order valence-corrected chi connectivity index (χ2v) is 10.6. The number of hydrogen-bond donors (Lipinski definition) is 0. The lowest BCUT2D eigenvalue weighted by atomic mass is 10.2. The number of aromatic nitrogens is 1. The summed E-state index contributed by atoms with van der Waals surface area (Å²) in [4.78, 5) is 21.2. The first kappa shape index (κ1) is 23.6. The molecule has 2 aliphatic heterocycles. The lowest BCUT2D eigenvalue weighted by Gasteiger charge is -2.34. The van der Waals surface area contributed by atoms with Crippen LogP contribution in [-0.4, -0.2) is 72.7 Å². The molecule has 2 saturated heterocycles. The molecular weight excluding hydrogens is 436 g/mol. The fourth-order valence-electron chi connectivity index (χ4n) is 4.33. The number of hydrogen-bond acceptors (Lipinski definition) is 5. The third kappa shape index (κ3) is 6.28. The van der Waals surface area contributed by atoms with E-state index >= 15 is 0 Å². The Balaban J connectivity index is 1.29. The highest BCUT2D eigenvalue weighted by Crippen LogP contribution is 2.21. The maximum atomic E-state index is 12.9. The Morgan fingerprint density at radius 1 is 0.848 bits per heavy atom. The number of rotatable bonds is 6. The van der Waals surface area contributed by atoms with Crippen LogP contribution in [0.4, 0.5) is 0 Å². The summed E-state index contributed by atoms with van der Waals surface area (Å²) in [7, 11) is -3.45. The van der Waals surface area contributed by atoms with Gasteiger partial charge in [0, 0.05) is 64.3 Å². The highest BCUT2D eigenvalue weighted by Gasteiger charge is 2.25. The first-order chi connectivity index (χ1) is 16.0. The number of pyridine rings is 1. The van der Waals surface area contributed by atoms with Gasteiger partial charge in [-0.25, -0.2) is 8.42 Å². The summed E-state index contributed by atoms with van der Waals surface area (Å²) >= 11 is 0. The summed E-state index contributed by atoms with van der Waals surface area (Å²) < 4.78 is 27.4. The molecule has 1 aromatic carbocycles. The minimum Gasteiger partial charge on any atom is -0.337 e. The molecule has 0 spiro atoms. The van der Waals surface area contributed by atoms with Gasteiger partial charge >= 0.3 is 0 Å². The van der Waals surface area contributed by atoms with Gasteiger partial charge in [0.05, 0.1) is 4.90 Å². The topological polar surface area (TPSA) is 73.8 Å². The molecule has 1 amide bonds. The standard InChI is InChI=1S/C25H32N4O3S/c30-25(28-19-17-27(18-20-28)21-23-11-13-26-14-12-23)10-7-22-5-8-24(9-6-22)33(31,32)29-15-3-1-2-4-16-29/h5-14H,1-4,15-21H2/b10-7+. The largest absolute Gasteiger partial charge is 0.337 e. The molecule has 0 aliphatic carbocycles. The quantitative estimate of drug-likeness (QED) is 0.610. The predicted octanol–water partition coefficient (Wildman–Crippen LogP) is 3.00. The summed E-state index contributed by atoms with van der Waals surface area (Å²) in [5.41, 5.74) is 2.04. The van der Waals surface area contributed by atoms with Crippen molar-refractivity contribution in [1.29, 1.82) is 0 Å². The van der Waals surface area contributed by atoms with Crippen LogP contribution in [0.1, 0.15) is 36.8 Å². The van der Waals surface area contributed by atoms with Gasteiger partial charge in [0.1, 0.15) is 0 Å². The van der Waals surface area contributed by atoms with Gasteiger partial charge in [0.25, 0.3) is 0 Å². The molecule has 2 aliphatic rings. The third-order valence-corrected chi connectivity index (χ3v) is 8.25. The molecule has 0 unspecified atom stereocenters. The van der Waals surface area contributed by atoms with Gasteiger partial charge in [-0.2, -0.15) is 4.31 Å². The van der Waals surface area contributed by atoms with E-state index in [1.165, 1.54) is 5.56 Å². The van der Waals surface area contributed by atoms with E-state index in [1.54, 1.807) is 53.1 Å². The van der Waals surface area contributed by atoms with Crippen LogP contribution in [0.3, 0.4) is 0 Å². The second-order valence-electron chi connectivity index (χ2n) is 8.68. The number of carbonyl (C=O) groups excluding carboxylic acids is 1. The molecule has 3 heterocycles. The number of carbonyl (C=O) groups is 1. The molecule has 4 rings (SSSR count). The minimum absolute atomic E-state index is 0.0141. The lowest BCUT2D eigenvalue weighted by molar-refractivity contribution is -0.127. The van der Waals surface area contributed by atoms with E-state index in [-0.39, 0.29) is 5.91 Å². The van der Waals surface area contributed by atoms with Crippen molar-refractivity contribution in [1.82, 2.24) is 19.1 Å². The predicted molar refractivity (Wildman–Crippen MR) is 129 cm³/mol. The van der Waals surface area contributed by atoms with E-state index in [0.717, 1.165) is 50.9 Å². The summed E-state index contributed by atoms with van der Waals surface area (Å²) in [5.74, 6) is -0.0141. The molecule has 8 heteroatoms. The maximum absolute atomic E-state index is 12.9. The van der Waals surface area contributed by atoms with Gasteiger partial charge < -0.3 is 4.90 Å². The first-order valence-corrected chi connectivity index (χ1v) is 13.1. The van der Waals surface area contributed by atoms with E-state index in [4.69, 9.17) is 0 Å². The van der Waals surface area contributed by atoms with Gasteiger partial charge in [0.15, 0.2) is 0 Å². The van der Waals surface area contributed by atoms with Crippen LogP contribution in [0.15, 0.2) is 59.8 Å². The van der Waals surface area contributed by atoms with E-state index in [2.05, 4.69) is 9.88 Å². The van der Waals surface area contributed by atoms with E-state index in [0.29, 0.717) is 31.1 Å². The van der Waals surface area contributed by atoms with Gasteiger partial charge in [-0.05, 0) is 54.3 Å². The zero-order valence-corrected chi connectivity index (χ0v) is 19.8. The van der Waals surface area contributed by atoms with Crippen molar-refractivity contribution in [3.8, 4) is 0 Å². The van der Waals surface area contributed by atoms with Gasteiger partial charge in [-0.3, -0.25) is 14.7 Å². The summed E-state index contributed by atoms with van der Waals surface area (Å²) in [5, 5.41) is 0. The highest BCUT2D eigenvalue weighted by molar-refractivity contribution is 7.89. The SMILES string of the molecule is O=C(/C=C/c1ccc(S(=O)(=O)N2CCCCCC2)cc1)N1CCN(Cc2ccncc2)CC1. The summed E-state index contributed by atoms with van der Waals surface area (Å²) in [6.45, 7) is 5.12. The zero-order valence-electron chi connectivity index (χ0n) is 19.0. The number of amides is 1. The Labute approximate surface area is 196 Å². The smallest absolute Gasteiger partial charge is 0.246 e. The van der Waals surface area contributed by atoms with Crippen LogP contribution in [0.2, 0.25) is 0 Å². The van der Waals surface area contributed by atoms with Gasteiger partial charge in [-0.15, -0.1) is 0 Å². The molecule has 0 atom stereocenters. The third-order valence-electron chi connectivity index (χ3n) is 6.34. The van der Waals surface area contributed by atoms with Crippen molar-refractivity contribution in [3.05, 3.63) is 66.0 Å². The second kappa shape index (κ2) is 11.0. The fourth-order valence-corrected chi connectivity index (χ4v) is 5.84. The number of piperazine rings is 1. The lowest BCUT2D eigenvalue weighted by Crippen LogP contribution is -2.47. The van der Waals surface area contributed by atoms with Crippen molar-refractivity contribution >= 4 is 22.0 Å². The van der Waals surface area contributed by atoms with Crippen molar-refractivity contribution in [2.24, 2.45) is 0 Å². The van der Waals surface area contributed by atoms with Crippen LogP contribution in [0.25, 0.3) is 6.08 Å². The average molecular weight is 469 g/mol. The Hall–Kier alpha value is -2.55. The highest BCUT2D eigenvalue weighted by atomic mass is 32.2. The van der Waals surface area contributed by atoms with Crippen LogP contribution in [0.5, 0.6) is 0 Å². The first-order valence-electron chi connectivity index (χ1n) is 11.7. The van der Waals surface area contributed by atoms with Gasteiger partial charge in [0.2, 0.25) is 15.9 Å². The Morgan fingerprint density at radius 2 is 1.48 bits per heavy atom. The molecule has 7 nitrogen and oxygen atoms in total. The summed E-state index contributed by atoms with van der Waals surface area (Å²) in [6, 6.07) is 10.8. The fraction of sp³-hybridized carbons (Fsp3) is 0.440. The molecule has 1 aromatic heterocycles. The zero-order chi connectivity index (χ0) is 23.1. The Morgan fingerprint density at radius 3 is 2.12 bits per heavy atom. The molecule has 2 aromatic rings. The van der Waals surface area contributed by atoms with Crippen LogP contribution >= 0.6 is 0 Å². The van der Waals surface area contributed by atoms with Crippen LogP contribution < -0.4 is 0 Å². The Bertz CT molecular complexity index is 1040. The minimum atomic E-state index is -3.45. The van der Waals surface area contributed by atoms with Crippen molar-refractivity contribution in [2.45, 2.75) is 37.1 Å². The molecule has 0 N–H and O–H groups in total. The van der Waals surface area contributed by atoms with Crippen molar-refractivity contribution in [2.75, 3.05) is 39.3 Å². The molecular formula is C25H32N4O3S. The van der Waals surface area contributed by atoms with E-state index in [1.807, 2.05) is 17.0 Å². The van der Waals surface area contributed by atoms with Crippen LogP contribution in [0, 0.1) is 0 Å². The number of benzene rings is 1. The monoisotopic (exact) mass is 468 g/mol. The molecule has 0 saturated carbocycles. The van der Waals surface area contributed by atoms with Gasteiger partial charge in [-0.1, -0.05) is 25.0 Å². The summed E-state index contributed by atoms with van der Waals surface area (Å²) in [6.07, 6.45) is 11.0. The average Bonchev–Trinajstić information content (AvgIpc) is 3.14. The number of sulfonamides is 1. The van der Waals surface area contributed by atoms with Crippen molar-refractivity contribution < 1.29 is 13.2 Å². The van der Waals surface area contributed by atoms with E-state index < -0.39 is 10.0 Å². The molecule has 33 heavy (non-hydrogen) atoms. The molecule has 176 valence electrons. The molecule has 0 radical (unpaired) electrons. The van der Waals surface area contributed by atoms with Crippen LogP contribution in [-0.2, 0) is 21.4 Å². The Kier molecular flexibility index (Phi) is 7.90. The van der Waals surface area contributed by atoms with Crippen molar-refractivity contribution in [3.63, 3.8) is 0 Å².